The molecule has 0 aliphatic carbocycles. The molecule has 0 bridgehead atoms. The lowest BCUT2D eigenvalue weighted by molar-refractivity contribution is -0.129. The van der Waals surface area contributed by atoms with Gasteiger partial charge in [0.25, 0.3) is 0 Å². The fourth-order valence-electron chi connectivity index (χ4n) is 2.03. The lowest BCUT2D eigenvalue weighted by atomic mass is 10.3. The number of hydrogen-bond donors (Lipinski definition) is 1. The van der Waals surface area contributed by atoms with E-state index in [1.54, 1.807) is 20.1 Å². The summed E-state index contributed by atoms with van der Waals surface area (Å²) in [5, 5.41) is 0. The first-order valence-corrected chi connectivity index (χ1v) is 5.92. The van der Waals surface area contributed by atoms with Gasteiger partial charge in [-0.1, -0.05) is 0 Å². The summed E-state index contributed by atoms with van der Waals surface area (Å²) >= 11 is 0. The molecule has 6 nitrogen and oxygen atoms in total. The van der Waals surface area contributed by atoms with Crippen LogP contribution in [-0.4, -0.2) is 49.1 Å². The van der Waals surface area contributed by atoms with Gasteiger partial charge >= 0.3 is 0 Å². The van der Waals surface area contributed by atoms with Gasteiger partial charge in [-0.15, -0.1) is 0 Å². The van der Waals surface area contributed by atoms with E-state index in [4.69, 9.17) is 10.5 Å². The molecule has 1 saturated heterocycles. The molecule has 2 rings (SSSR count). The van der Waals surface area contributed by atoms with Crippen molar-refractivity contribution in [2.75, 3.05) is 43.9 Å². The number of hydrogen-bond acceptors (Lipinski definition) is 5. The Hall–Kier alpha value is -1.98. The van der Waals surface area contributed by atoms with Crippen molar-refractivity contribution in [2.45, 2.75) is 6.92 Å². The summed E-state index contributed by atoms with van der Waals surface area (Å²) in [5.41, 5.74) is 6.44. The van der Waals surface area contributed by atoms with Gasteiger partial charge in [-0.25, -0.2) is 0 Å². The molecule has 1 aromatic rings. The standard InChI is InChI=1S/C12H18N4O2/c1-9(17)15-3-5-16(6-4-15)11-7-10(13)8-12(14-11)18-2/h7-8H,3-6H2,1-2H3,(H2,13,14). The van der Waals surface area contributed by atoms with Crippen LogP contribution in [0.25, 0.3) is 0 Å². The van der Waals surface area contributed by atoms with Gasteiger partial charge < -0.3 is 20.3 Å². The number of rotatable bonds is 2. The predicted octanol–water partition coefficient (Wildman–Crippen LogP) is 0.341. The van der Waals surface area contributed by atoms with Gasteiger partial charge in [0.15, 0.2) is 0 Å². The van der Waals surface area contributed by atoms with Crippen LogP contribution in [0.15, 0.2) is 12.1 Å². The van der Waals surface area contributed by atoms with E-state index in [9.17, 15) is 4.79 Å². The van der Waals surface area contributed by atoms with Crippen molar-refractivity contribution in [1.82, 2.24) is 9.88 Å². The molecule has 18 heavy (non-hydrogen) atoms. The highest BCUT2D eigenvalue weighted by Crippen LogP contribution is 2.21. The smallest absolute Gasteiger partial charge is 0.219 e. The Labute approximate surface area is 106 Å². The molecule has 2 heterocycles. The third-order valence-electron chi connectivity index (χ3n) is 3.07. The molecule has 1 aliphatic heterocycles. The normalized spacial score (nSPS) is 15.7. The van der Waals surface area contributed by atoms with Crippen LogP contribution in [-0.2, 0) is 4.79 Å². The van der Waals surface area contributed by atoms with Crippen molar-refractivity contribution in [3.05, 3.63) is 12.1 Å². The first-order chi connectivity index (χ1) is 8.60. The number of amides is 1. The van der Waals surface area contributed by atoms with Crippen molar-refractivity contribution in [3.8, 4) is 5.88 Å². The summed E-state index contributed by atoms with van der Waals surface area (Å²) in [6.45, 7) is 4.55. The van der Waals surface area contributed by atoms with Crippen LogP contribution >= 0.6 is 0 Å². The fraction of sp³-hybridized carbons (Fsp3) is 0.500. The van der Waals surface area contributed by atoms with Crippen molar-refractivity contribution in [3.63, 3.8) is 0 Å². The SMILES string of the molecule is COc1cc(N)cc(N2CCN(C(C)=O)CC2)n1. The molecule has 1 aromatic heterocycles. The van der Waals surface area contributed by atoms with Gasteiger partial charge in [-0.05, 0) is 0 Å². The molecule has 98 valence electrons. The third-order valence-corrected chi connectivity index (χ3v) is 3.07. The number of carbonyl (C=O) groups is 1. The molecular formula is C12H18N4O2. The maximum absolute atomic E-state index is 11.2. The van der Waals surface area contributed by atoms with Crippen LogP contribution in [0.3, 0.4) is 0 Å². The molecule has 1 aliphatic rings. The quantitative estimate of drug-likeness (QED) is 0.819. The van der Waals surface area contributed by atoms with Crippen LogP contribution in [0, 0.1) is 0 Å². The zero-order chi connectivity index (χ0) is 13.1. The van der Waals surface area contributed by atoms with E-state index in [1.165, 1.54) is 0 Å². The van der Waals surface area contributed by atoms with Gasteiger partial charge in [0.2, 0.25) is 11.8 Å². The largest absolute Gasteiger partial charge is 0.481 e. The highest BCUT2D eigenvalue weighted by Gasteiger charge is 2.20. The van der Waals surface area contributed by atoms with E-state index in [1.807, 2.05) is 11.0 Å². The van der Waals surface area contributed by atoms with E-state index in [0.717, 1.165) is 18.9 Å². The second-order valence-electron chi connectivity index (χ2n) is 4.29. The number of carbonyl (C=O) groups excluding carboxylic acids is 1. The molecule has 2 N–H and O–H groups in total. The number of anilines is 2. The molecule has 1 fully saturated rings. The predicted molar refractivity (Wildman–Crippen MR) is 69.7 cm³/mol. The van der Waals surface area contributed by atoms with E-state index in [-0.39, 0.29) is 5.91 Å². The highest BCUT2D eigenvalue weighted by molar-refractivity contribution is 5.73. The maximum atomic E-state index is 11.2. The number of piperazine rings is 1. The van der Waals surface area contributed by atoms with Crippen molar-refractivity contribution < 1.29 is 9.53 Å². The summed E-state index contributed by atoms with van der Waals surface area (Å²) in [5.74, 6) is 1.43. The van der Waals surface area contributed by atoms with Gasteiger partial charge in [0, 0.05) is 50.9 Å². The van der Waals surface area contributed by atoms with Gasteiger partial charge in [0.1, 0.15) is 5.82 Å². The van der Waals surface area contributed by atoms with Gasteiger partial charge in [-0.3, -0.25) is 4.79 Å². The van der Waals surface area contributed by atoms with Crippen LogP contribution in [0.1, 0.15) is 6.92 Å². The number of nitrogen functional groups attached to an aromatic ring is 1. The minimum absolute atomic E-state index is 0.118. The lowest BCUT2D eigenvalue weighted by Gasteiger charge is -2.35. The summed E-state index contributed by atoms with van der Waals surface area (Å²) in [6.07, 6.45) is 0. The Bertz CT molecular complexity index is 442. The highest BCUT2D eigenvalue weighted by atomic mass is 16.5. The number of nitrogens with two attached hydrogens (primary N) is 1. The molecule has 6 heteroatoms. The third kappa shape index (κ3) is 2.64. The zero-order valence-corrected chi connectivity index (χ0v) is 10.7. The van der Waals surface area contributed by atoms with Crippen LogP contribution in [0.2, 0.25) is 0 Å². The number of aromatic nitrogens is 1. The molecule has 1 amide bonds. The number of methoxy groups -OCH3 is 1. The van der Waals surface area contributed by atoms with Gasteiger partial charge in [-0.2, -0.15) is 4.98 Å². The molecule has 0 aromatic carbocycles. The summed E-state index contributed by atoms with van der Waals surface area (Å²) in [6, 6.07) is 3.52. The number of pyridine rings is 1. The average molecular weight is 250 g/mol. The van der Waals surface area contributed by atoms with Crippen molar-refractivity contribution in [1.29, 1.82) is 0 Å². The van der Waals surface area contributed by atoms with Crippen LogP contribution < -0.4 is 15.4 Å². The molecule has 0 atom stereocenters. The Balaban J connectivity index is 2.09. The fourth-order valence-corrected chi connectivity index (χ4v) is 2.03. The molecule has 0 saturated carbocycles. The summed E-state index contributed by atoms with van der Waals surface area (Å²) in [4.78, 5) is 19.6. The van der Waals surface area contributed by atoms with Crippen molar-refractivity contribution >= 4 is 17.4 Å². The molecular weight excluding hydrogens is 232 g/mol. The second kappa shape index (κ2) is 5.12. The Morgan fingerprint density at radius 3 is 2.56 bits per heavy atom. The Morgan fingerprint density at radius 2 is 2.00 bits per heavy atom. The number of nitrogens with zero attached hydrogens (tertiary/aromatic N) is 3. The van der Waals surface area contributed by atoms with E-state index in [0.29, 0.717) is 24.7 Å². The minimum atomic E-state index is 0.118. The van der Waals surface area contributed by atoms with E-state index >= 15 is 0 Å². The van der Waals surface area contributed by atoms with Crippen molar-refractivity contribution in [2.24, 2.45) is 0 Å². The zero-order valence-electron chi connectivity index (χ0n) is 10.7. The van der Waals surface area contributed by atoms with E-state index in [2.05, 4.69) is 9.88 Å². The Morgan fingerprint density at radius 1 is 1.33 bits per heavy atom. The summed E-state index contributed by atoms with van der Waals surface area (Å²) in [7, 11) is 1.57. The topological polar surface area (TPSA) is 71.7 Å². The van der Waals surface area contributed by atoms with Crippen LogP contribution in [0.5, 0.6) is 5.88 Å². The Kier molecular flexibility index (Phi) is 3.55. The first-order valence-electron chi connectivity index (χ1n) is 5.92. The monoisotopic (exact) mass is 250 g/mol. The summed E-state index contributed by atoms with van der Waals surface area (Å²) < 4.78 is 5.10. The van der Waals surface area contributed by atoms with E-state index < -0.39 is 0 Å². The first kappa shape index (κ1) is 12.5. The maximum Gasteiger partial charge on any atom is 0.219 e. The molecule has 0 unspecified atom stereocenters. The molecule has 0 radical (unpaired) electrons. The average Bonchev–Trinajstić information content (AvgIpc) is 2.38. The molecule has 0 spiro atoms. The van der Waals surface area contributed by atoms with Crippen LogP contribution in [0.4, 0.5) is 11.5 Å². The second-order valence-corrected chi connectivity index (χ2v) is 4.29. The number of ether oxygens (including phenoxy) is 1. The van der Waals surface area contributed by atoms with Gasteiger partial charge in [0.05, 0.1) is 7.11 Å². The minimum Gasteiger partial charge on any atom is -0.481 e. The lowest BCUT2D eigenvalue weighted by Crippen LogP contribution is -2.48.